The molecule has 2 aliphatic heterocycles. The molecule has 0 bridgehead atoms. The van der Waals surface area contributed by atoms with Gasteiger partial charge in [0.05, 0.1) is 54.2 Å². The normalized spacial score (nSPS) is 19.1. The van der Waals surface area contributed by atoms with Crippen LogP contribution in [0.4, 0.5) is 31.5 Å². The molecule has 8 heterocycles. The zero-order chi connectivity index (χ0) is 39.9. The Labute approximate surface area is 352 Å². The van der Waals surface area contributed by atoms with E-state index in [9.17, 15) is 8.78 Å². The zero-order valence-corrected chi connectivity index (χ0v) is 36.0. The number of thiophene rings is 2. The van der Waals surface area contributed by atoms with Crippen molar-refractivity contribution in [3.63, 3.8) is 0 Å². The van der Waals surface area contributed by atoms with E-state index in [1.165, 1.54) is 57.4 Å². The van der Waals surface area contributed by atoms with Crippen LogP contribution in [0.3, 0.4) is 0 Å². The Kier molecular flexibility index (Phi) is 11.2. The van der Waals surface area contributed by atoms with Gasteiger partial charge in [0.2, 0.25) is 0 Å². The van der Waals surface area contributed by atoms with Crippen molar-refractivity contribution in [2.24, 2.45) is 0 Å². The van der Waals surface area contributed by atoms with Crippen LogP contribution < -0.4 is 10.6 Å². The van der Waals surface area contributed by atoms with Gasteiger partial charge < -0.3 is 15.5 Å². The quantitative estimate of drug-likeness (QED) is 0.156. The van der Waals surface area contributed by atoms with Crippen molar-refractivity contribution >= 4 is 115 Å². The Balaban J connectivity index is 0.000000150. The van der Waals surface area contributed by atoms with Crippen LogP contribution in [0.15, 0.2) is 78.0 Å². The van der Waals surface area contributed by atoms with E-state index in [0.29, 0.717) is 29.4 Å². The third-order valence-electron chi connectivity index (χ3n) is 11.6. The molecule has 3 atom stereocenters. The lowest BCUT2D eigenvalue weighted by Crippen LogP contribution is -2.41. The van der Waals surface area contributed by atoms with Gasteiger partial charge in [-0.15, -0.1) is 45.3 Å². The van der Waals surface area contributed by atoms with Crippen LogP contribution >= 0.6 is 45.3 Å². The molecule has 0 amide bonds. The summed E-state index contributed by atoms with van der Waals surface area (Å²) in [4.78, 5) is 27.4. The average Bonchev–Trinajstić information content (AvgIpc) is 4.06. The Hall–Kier alpha value is -4.44. The number of likely N-dealkylation sites (N-methyl/N-ethyl adjacent to an activating group) is 2. The smallest absolute Gasteiger partial charge is 0.148 e. The number of fused-ring (bicyclic) bond motifs is 4. The van der Waals surface area contributed by atoms with Gasteiger partial charge in [0.15, 0.2) is 0 Å². The number of nitrogens with zero attached hydrogens (tertiary/aromatic N) is 6. The number of thiazole rings is 2. The summed E-state index contributed by atoms with van der Waals surface area (Å²) < 4.78 is 30.9. The van der Waals surface area contributed by atoms with Crippen LogP contribution in [-0.2, 0) is 0 Å². The van der Waals surface area contributed by atoms with Gasteiger partial charge in [-0.1, -0.05) is 19.9 Å². The Bertz CT molecular complexity index is 2770. The molecule has 10 rings (SSSR count). The predicted octanol–water partition coefficient (Wildman–Crippen LogP) is 12.7. The highest BCUT2D eigenvalue weighted by Gasteiger charge is 2.30. The van der Waals surface area contributed by atoms with Gasteiger partial charge in [-0.3, -0.25) is 4.90 Å². The molecule has 0 radical (unpaired) electrons. The van der Waals surface area contributed by atoms with Crippen LogP contribution in [0.5, 0.6) is 0 Å². The number of aromatic nitrogens is 4. The maximum atomic E-state index is 14.6. The van der Waals surface area contributed by atoms with Crippen LogP contribution in [0.2, 0.25) is 0 Å². The number of hydrogen-bond donors (Lipinski definition) is 2. The van der Waals surface area contributed by atoms with Crippen molar-refractivity contribution in [2.45, 2.75) is 65.0 Å². The zero-order valence-electron chi connectivity index (χ0n) is 32.8. The first kappa shape index (κ1) is 39.0. The maximum Gasteiger partial charge on any atom is 0.148 e. The molecule has 0 aliphatic carbocycles. The minimum atomic E-state index is -0.274. The SMILES string of the molecule is CCN1CCC=C(c2cc3c(Nc4cc5ncsc5cc4F)ccnc3s2)[C@@H]1C.CCN1CCCC(c2cc3c(Nc4cc5ncsc5cc4F)ccnc3s2)[C@@H]1C. The summed E-state index contributed by atoms with van der Waals surface area (Å²) in [5.74, 6) is -0.00939. The van der Waals surface area contributed by atoms with Crippen molar-refractivity contribution in [1.29, 1.82) is 0 Å². The molecule has 0 spiro atoms. The van der Waals surface area contributed by atoms with E-state index in [0.717, 1.165) is 78.3 Å². The Morgan fingerprint density at radius 1 is 0.707 bits per heavy atom. The number of nitrogens with one attached hydrogen (secondary N) is 2. The van der Waals surface area contributed by atoms with Gasteiger partial charge in [-0.05, 0) is 107 Å². The minimum absolute atomic E-state index is 0.262. The summed E-state index contributed by atoms with van der Waals surface area (Å²) >= 11 is 6.37. The number of benzene rings is 2. The molecule has 14 heteroatoms. The molecule has 6 aromatic heterocycles. The summed E-state index contributed by atoms with van der Waals surface area (Å²) in [5, 5.41) is 8.64. The van der Waals surface area contributed by atoms with Gasteiger partial charge >= 0.3 is 0 Å². The second-order valence-electron chi connectivity index (χ2n) is 14.8. The van der Waals surface area contributed by atoms with Crippen LogP contribution in [-0.4, -0.2) is 68.0 Å². The highest BCUT2D eigenvalue weighted by molar-refractivity contribution is 7.20. The first-order valence-corrected chi connectivity index (χ1v) is 23.2. The highest BCUT2D eigenvalue weighted by atomic mass is 32.1. The highest BCUT2D eigenvalue weighted by Crippen LogP contribution is 2.42. The fourth-order valence-electron chi connectivity index (χ4n) is 8.40. The molecule has 8 nitrogen and oxygen atoms in total. The monoisotopic (exact) mass is 850 g/mol. The van der Waals surface area contributed by atoms with E-state index in [2.05, 4.69) is 86.3 Å². The van der Waals surface area contributed by atoms with Crippen LogP contribution in [0.25, 0.3) is 46.4 Å². The first-order chi connectivity index (χ1) is 28.3. The van der Waals surface area contributed by atoms with E-state index in [1.54, 1.807) is 70.4 Å². The van der Waals surface area contributed by atoms with E-state index >= 15 is 0 Å². The Morgan fingerprint density at radius 2 is 1.31 bits per heavy atom. The lowest BCUT2D eigenvalue weighted by atomic mass is 9.89. The molecule has 0 saturated carbocycles. The summed E-state index contributed by atoms with van der Waals surface area (Å²) in [6.07, 6.45) is 9.44. The van der Waals surface area contributed by atoms with E-state index in [1.807, 2.05) is 12.1 Å². The van der Waals surface area contributed by atoms with Gasteiger partial charge in [-0.25, -0.2) is 28.7 Å². The number of anilines is 4. The Morgan fingerprint density at radius 3 is 1.93 bits per heavy atom. The van der Waals surface area contributed by atoms with E-state index in [-0.39, 0.29) is 11.6 Å². The number of likely N-dealkylation sites (tertiary alicyclic amines) is 1. The fourth-order valence-corrected chi connectivity index (χ4v) is 12.2. The van der Waals surface area contributed by atoms with Gasteiger partial charge in [0.1, 0.15) is 21.3 Å². The molecule has 298 valence electrons. The van der Waals surface area contributed by atoms with Crippen molar-refractivity contribution < 1.29 is 8.78 Å². The van der Waals surface area contributed by atoms with Gasteiger partial charge in [0.25, 0.3) is 0 Å². The topological polar surface area (TPSA) is 82.1 Å². The first-order valence-electron chi connectivity index (χ1n) is 19.8. The number of pyridine rings is 2. The van der Waals surface area contributed by atoms with Gasteiger partial charge in [-0.2, -0.15) is 0 Å². The summed E-state index contributed by atoms with van der Waals surface area (Å²) in [5.41, 5.74) is 9.10. The second-order valence-corrected chi connectivity index (χ2v) is 18.7. The molecule has 2 N–H and O–H groups in total. The summed E-state index contributed by atoms with van der Waals surface area (Å²) in [6.45, 7) is 13.5. The van der Waals surface area contributed by atoms with E-state index in [4.69, 9.17) is 0 Å². The third-order valence-corrected chi connectivity index (χ3v) is 15.5. The van der Waals surface area contributed by atoms with E-state index < -0.39 is 0 Å². The van der Waals surface area contributed by atoms with Crippen molar-refractivity contribution in [3.05, 3.63) is 99.4 Å². The molecule has 1 saturated heterocycles. The minimum Gasteiger partial charge on any atom is -0.352 e. The van der Waals surface area contributed by atoms with Crippen LogP contribution in [0.1, 0.15) is 62.6 Å². The number of halogens is 2. The van der Waals surface area contributed by atoms with Gasteiger partial charge in [0, 0.05) is 57.5 Å². The third kappa shape index (κ3) is 7.62. The molecule has 8 aromatic rings. The van der Waals surface area contributed by atoms with Crippen LogP contribution in [0, 0.1) is 11.6 Å². The molecule has 1 unspecified atom stereocenters. The summed E-state index contributed by atoms with van der Waals surface area (Å²) in [6, 6.07) is 15.8. The maximum absolute atomic E-state index is 14.6. The summed E-state index contributed by atoms with van der Waals surface area (Å²) in [7, 11) is 0. The number of rotatable bonds is 8. The fraction of sp³-hybridized carbons (Fsp3) is 0.318. The predicted molar refractivity (Wildman–Crippen MR) is 243 cm³/mol. The molecular weight excluding hydrogens is 807 g/mol. The standard InChI is InChI=1S/C22H23FN4S2.C22H21FN4S2/c2*1-3-27-8-4-5-14(13(27)2)20-9-15-17(6-7-24-22(15)29-20)26-18-11-19-21(10-16(18)23)28-12-25-19/h6-7,9-14H,3-5,8H2,1-2H3,(H,24,26);5-7,9-13H,3-4,8H2,1-2H3,(H,24,26)/t13-,14?;13-/m00/s1. The lowest BCUT2D eigenvalue weighted by Gasteiger charge is -2.38. The molecular formula is C44H44F2N8S4. The molecule has 2 aromatic carbocycles. The molecule has 58 heavy (non-hydrogen) atoms. The van der Waals surface area contributed by atoms with Crippen molar-refractivity contribution in [3.8, 4) is 0 Å². The lowest BCUT2D eigenvalue weighted by molar-refractivity contribution is 0.148. The average molecular weight is 851 g/mol. The van der Waals surface area contributed by atoms with Crippen molar-refractivity contribution in [1.82, 2.24) is 29.7 Å². The van der Waals surface area contributed by atoms with Crippen molar-refractivity contribution in [2.75, 3.05) is 36.8 Å². The number of piperidine rings is 1. The molecule has 2 aliphatic rings. The largest absolute Gasteiger partial charge is 0.352 e. The second kappa shape index (κ2) is 16.7. The number of hydrogen-bond acceptors (Lipinski definition) is 12. The molecule has 1 fully saturated rings.